The van der Waals surface area contributed by atoms with Crippen LogP contribution in [0.5, 0.6) is 0 Å². The number of hydrogen-bond acceptors (Lipinski definition) is 11. The first-order valence-electron chi connectivity index (χ1n) is 18.3. The summed E-state index contributed by atoms with van der Waals surface area (Å²) in [6.45, 7) is 3.97. The Balaban J connectivity index is 0.000000136. The topological polar surface area (TPSA) is 134 Å². The molecule has 282 valence electrons. The molecule has 4 aromatic heterocycles. The molecule has 13 heteroatoms. The second-order valence-electron chi connectivity index (χ2n) is 13.4. The third-order valence-electron chi connectivity index (χ3n) is 9.51. The Morgan fingerprint density at radius 2 is 1.19 bits per heavy atom. The molecular weight excluding hydrogens is 755 g/mol. The largest absolute Gasteiger partial charge is 0.339 e. The fourth-order valence-electron chi connectivity index (χ4n) is 6.65. The number of nitrogens with one attached hydrogen (secondary N) is 3. The second-order valence-corrected chi connectivity index (χ2v) is 14.2. The molecule has 0 spiro atoms. The lowest BCUT2D eigenvalue weighted by Crippen LogP contribution is -2.16. The van der Waals surface area contributed by atoms with E-state index in [9.17, 15) is 4.79 Å². The summed E-state index contributed by atoms with van der Waals surface area (Å²) in [5.74, 6) is 1.70. The molecule has 0 unspecified atom stereocenters. The predicted octanol–water partition coefficient (Wildman–Crippen LogP) is 9.46. The standard InChI is InChI=1S/C22H18ClN5.C15H13N5.C7H5ClO/c23-19-7-3-1-6-16(19)11-28-12-18-21(13-28)25-14-26-22(18)27-17-9-15-5-2-4-8-20(15)24-10-17;1-2-4-13-10(3-1)5-11(6-17-13)20-15-12-7-16-8-14(12)18-9-19-15;8-7-4-2-1-3-6(7)5-9/h1-10,14H,11-13H2,(H,25,26,27);1-6,9,16H,7-8H2,(H,18,19,20);1-5H. The van der Waals surface area contributed by atoms with Gasteiger partial charge >= 0.3 is 0 Å². The molecule has 0 fully saturated rings. The van der Waals surface area contributed by atoms with Crippen molar-refractivity contribution < 1.29 is 4.79 Å². The highest BCUT2D eigenvalue weighted by Gasteiger charge is 2.24. The van der Waals surface area contributed by atoms with E-state index < -0.39 is 0 Å². The highest BCUT2D eigenvalue weighted by atomic mass is 35.5. The number of halogens is 2. The van der Waals surface area contributed by atoms with Crippen molar-refractivity contribution in [1.82, 2.24) is 40.1 Å². The van der Waals surface area contributed by atoms with E-state index in [0.29, 0.717) is 10.6 Å². The highest BCUT2D eigenvalue weighted by molar-refractivity contribution is 6.33. The van der Waals surface area contributed by atoms with Crippen LogP contribution in [0.1, 0.15) is 38.4 Å². The Morgan fingerprint density at radius 3 is 1.82 bits per heavy atom. The number of fused-ring (bicyclic) bond motifs is 4. The van der Waals surface area contributed by atoms with Crippen LogP contribution in [-0.2, 0) is 32.7 Å². The van der Waals surface area contributed by atoms with Crippen molar-refractivity contribution in [3.8, 4) is 0 Å². The first kappa shape index (κ1) is 37.5. The molecule has 0 atom stereocenters. The van der Waals surface area contributed by atoms with Crippen LogP contribution in [0.25, 0.3) is 21.8 Å². The van der Waals surface area contributed by atoms with Gasteiger partial charge in [-0.2, -0.15) is 0 Å². The smallest absolute Gasteiger partial charge is 0.151 e. The lowest BCUT2D eigenvalue weighted by Gasteiger charge is -2.15. The minimum atomic E-state index is 0.507. The van der Waals surface area contributed by atoms with Gasteiger partial charge in [-0.1, -0.05) is 96.0 Å². The average Bonchev–Trinajstić information content (AvgIpc) is 3.91. The summed E-state index contributed by atoms with van der Waals surface area (Å²) in [6.07, 6.45) is 7.63. The summed E-state index contributed by atoms with van der Waals surface area (Å²) in [4.78, 5) is 39.0. The summed E-state index contributed by atoms with van der Waals surface area (Å²) in [5.41, 5.74) is 9.88. The number of nitrogens with zero attached hydrogens (tertiary/aromatic N) is 7. The van der Waals surface area contributed by atoms with E-state index in [-0.39, 0.29) is 0 Å². The normalized spacial score (nSPS) is 12.8. The van der Waals surface area contributed by atoms with Crippen LogP contribution in [0.3, 0.4) is 0 Å². The maximum absolute atomic E-state index is 10.1. The molecule has 10 rings (SSSR count). The van der Waals surface area contributed by atoms with Crippen LogP contribution >= 0.6 is 23.2 Å². The molecule has 0 saturated heterocycles. The Labute approximate surface area is 339 Å². The third kappa shape index (κ3) is 9.04. The van der Waals surface area contributed by atoms with Gasteiger partial charge in [0, 0.05) is 65.2 Å². The number of aldehydes is 1. The molecule has 0 radical (unpaired) electrons. The van der Waals surface area contributed by atoms with Crippen molar-refractivity contribution in [1.29, 1.82) is 0 Å². The minimum absolute atomic E-state index is 0.507. The summed E-state index contributed by atoms with van der Waals surface area (Å²) >= 11 is 11.9. The van der Waals surface area contributed by atoms with Gasteiger partial charge in [0.25, 0.3) is 0 Å². The average molecular weight is 792 g/mol. The van der Waals surface area contributed by atoms with Gasteiger partial charge in [-0.25, -0.2) is 19.9 Å². The van der Waals surface area contributed by atoms with Crippen LogP contribution in [-0.4, -0.2) is 41.1 Å². The van der Waals surface area contributed by atoms with Gasteiger partial charge < -0.3 is 16.0 Å². The molecule has 0 saturated carbocycles. The maximum Gasteiger partial charge on any atom is 0.151 e. The van der Waals surface area contributed by atoms with Gasteiger partial charge in [0.1, 0.15) is 24.3 Å². The molecule has 0 bridgehead atoms. The number of hydrogen-bond donors (Lipinski definition) is 3. The quantitative estimate of drug-likeness (QED) is 0.133. The molecule has 8 aromatic rings. The van der Waals surface area contributed by atoms with Crippen LogP contribution in [0.15, 0.2) is 134 Å². The van der Waals surface area contributed by atoms with Crippen LogP contribution in [0.2, 0.25) is 10.0 Å². The van der Waals surface area contributed by atoms with E-state index in [1.54, 1.807) is 36.9 Å². The van der Waals surface area contributed by atoms with Crippen molar-refractivity contribution in [2.24, 2.45) is 0 Å². The lowest BCUT2D eigenvalue weighted by molar-refractivity contribution is 0.112. The first-order valence-corrected chi connectivity index (χ1v) is 19.0. The molecule has 11 nitrogen and oxygen atoms in total. The summed E-state index contributed by atoms with van der Waals surface area (Å²) in [6, 6.07) is 35.2. The zero-order chi connectivity index (χ0) is 39.0. The number of rotatable bonds is 7. The summed E-state index contributed by atoms with van der Waals surface area (Å²) < 4.78 is 0. The number of benzene rings is 4. The number of aromatic nitrogens is 6. The van der Waals surface area contributed by atoms with Gasteiger partial charge in [-0.15, -0.1) is 0 Å². The minimum Gasteiger partial charge on any atom is -0.339 e. The van der Waals surface area contributed by atoms with Gasteiger partial charge in [-0.05, 0) is 42.0 Å². The Bertz CT molecular complexity index is 2690. The van der Waals surface area contributed by atoms with Crippen molar-refractivity contribution >= 4 is 74.3 Å². The molecule has 0 amide bonds. The van der Waals surface area contributed by atoms with E-state index >= 15 is 0 Å². The molecular formula is C44H36Cl2N10O. The molecule has 3 N–H and O–H groups in total. The first-order chi connectivity index (χ1) is 28.0. The third-order valence-corrected chi connectivity index (χ3v) is 10.2. The zero-order valence-electron chi connectivity index (χ0n) is 30.6. The van der Waals surface area contributed by atoms with Gasteiger partial charge in [0.15, 0.2) is 6.29 Å². The molecule has 2 aliphatic heterocycles. The van der Waals surface area contributed by atoms with Crippen LogP contribution < -0.4 is 16.0 Å². The Kier molecular flexibility index (Phi) is 11.6. The fraction of sp³-hybridized carbons (Fsp3) is 0.114. The van der Waals surface area contributed by atoms with E-state index in [1.807, 2.05) is 67.0 Å². The molecule has 0 aliphatic carbocycles. The SMILES string of the molecule is Clc1ccccc1CN1Cc2ncnc(Nc3cnc4ccccc4c3)c2C1.O=Cc1ccccc1Cl.c1ccc2ncc(Nc3ncnc4c3CNC4)cc2c1. The zero-order valence-corrected chi connectivity index (χ0v) is 32.1. The Hall–Kier alpha value is -6.37. The number of carbonyl (C=O) groups is 1. The molecule has 4 aromatic carbocycles. The lowest BCUT2D eigenvalue weighted by atomic mass is 10.2. The monoisotopic (exact) mass is 790 g/mol. The van der Waals surface area contributed by atoms with Crippen LogP contribution in [0, 0.1) is 0 Å². The highest BCUT2D eigenvalue weighted by Crippen LogP contribution is 2.31. The van der Waals surface area contributed by atoms with E-state index in [0.717, 1.165) is 117 Å². The summed E-state index contributed by atoms with van der Waals surface area (Å²) in [5, 5.41) is 13.6. The van der Waals surface area contributed by atoms with Crippen LogP contribution in [0.4, 0.5) is 23.0 Å². The van der Waals surface area contributed by atoms with Crippen molar-refractivity contribution in [2.45, 2.75) is 32.7 Å². The predicted molar refractivity (Wildman–Crippen MR) is 226 cm³/mol. The number of pyridine rings is 2. The van der Waals surface area contributed by atoms with Crippen molar-refractivity contribution in [3.63, 3.8) is 0 Å². The van der Waals surface area contributed by atoms with Gasteiger partial charge in [0.2, 0.25) is 0 Å². The second kappa shape index (κ2) is 17.6. The fourth-order valence-corrected chi connectivity index (χ4v) is 7.03. The summed E-state index contributed by atoms with van der Waals surface area (Å²) in [7, 11) is 0. The number of para-hydroxylation sites is 2. The van der Waals surface area contributed by atoms with Gasteiger partial charge in [-0.3, -0.25) is 19.7 Å². The molecule has 6 heterocycles. The number of carbonyl (C=O) groups excluding carboxylic acids is 1. The Morgan fingerprint density at radius 1 is 0.614 bits per heavy atom. The molecule has 57 heavy (non-hydrogen) atoms. The molecule has 2 aliphatic rings. The van der Waals surface area contributed by atoms with E-state index in [1.165, 1.54) is 0 Å². The van der Waals surface area contributed by atoms with Gasteiger partial charge in [0.05, 0.1) is 51.2 Å². The number of anilines is 4. The van der Waals surface area contributed by atoms with Crippen molar-refractivity contribution in [3.05, 3.63) is 178 Å². The van der Waals surface area contributed by atoms with Crippen molar-refractivity contribution in [2.75, 3.05) is 10.6 Å². The maximum atomic E-state index is 10.1. The van der Waals surface area contributed by atoms with E-state index in [4.69, 9.17) is 23.2 Å². The van der Waals surface area contributed by atoms with E-state index in [2.05, 4.69) is 81.1 Å².